The number of benzene rings is 1. The highest BCUT2D eigenvalue weighted by atomic mass is 35.5. The van der Waals surface area contributed by atoms with E-state index in [0.29, 0.717) is 30.2 Å². The van der Waals surface area contributed by atoms with Gasteiger partial charge in [-0.2, -0.15) is 15.4 Å². The first-order valence-corrected chi connectivity index (χ1v) is 7.62. The SMILES string of the molecule is COc1ccc(Cl)c(CN2CCC[C@@](O)(c3cn[nH]n3)C2)c1. The van der Waals surface area contributed by atoms with E-state index in [-0.39, 0.29) is 0 Å². The largest absolute Gasteiger partial charge is 0.497 e. The number of β-amino-alcohol motifs (C(OH)–C–C–N with tert-alkyl or cyclic N) is 1. The molecule has 0 saturated carbocycles. The zero-order chi connectivity index (χ0) is 15.6. The first-order chi connectivity index (χ1) is 10.6. The summed E-state index contributed by atoms with van der Waals surface area (Å²) < 4.78 is 5.25. The highest BCUT2D eigenvalue weighted by Gasteiger charge is 2.37. The Morgan fingerprint density at radius 1 is 1.50 bits per heavy atom. The second-order valence-electron chi connectivity index (χ2n) is 5.66. The lowest BCUT2D eigenvalue weighted by Gasteiger charge is -2.38. The Hall–Kier alpha value is -1.63. The van der Waals surface area contributed by atoms with Crippen LogP contribution in [0.2, 0.25) is 5.02 Å². The number of piperidine rings is 1. The number of aromatic amines is 1. The van der Waals surface area contributed by atoms with Crippen LogP contribution in [0, 0.1) is 0 Å². The average molecular weight is 323 g/mol. The van der Waals surface area contributed by atoms with Crippen LogP contribution in [0.5, 0.6) is 5.75 Å². The molecule has 1 aliphatic rings. The smallest absolute Gasteiger partial charge is 0.123 e. The first kappa shape index (κ1) is 15.3. The van der Waals surface area contributed by atoms with Crippen molar-refractivity contribution in [3.8, 4) is 5.75 Å². The van der Waals surface area contributed by atoms with E-state index in [9.17, 15) is 5.11 Å². The van der Waals surface area contributed by atoms with Crippen molar-refractivity contribution >= 4 is 11.6 Å². The van der Waals surface area contributed by atoms with Crippen LogP contribution >= 0.6 is 11.6 Å². The Labute approximate surface area is 134 Å². The van der Waals surface area contributed by atoms with E-state index in [2.05, 4.69) is 20.3 Å². The average Bonchev–Trinajstić information content (AvgIpc) is 3.05. The fraction of sp³-hybridized carbons (Fsp3) is 0.467. The summed E-state index contributed by atoms with van der Waals surface area (Å²) in [6.07, 6.45) is 3.16. The van der Waals surface area contributed by atoms with Gasteiger partial charge in [-0.05, 0) is 43.1 Å². The molecule has 1 aromatic carbocycles. The molecule has 22 heavy (non-hydrogen) atoms. The van der Waals surface area contributed by atoms with Gasteiger partial charge in [-0.3, -0.25) is 4.90 Å². The van der Waals surface area contributed by atoms with Crippen molar-refractivity contribution < 1.29 is 9.84 Å². The zero-order valence-corrected chi connectivity index (χ0v) is 13.2. The van der Waals surface area contributed by atoms with E-state index in [0.717, 1.165) is 24.3 Å². The van der Waals surface area contributed by atoms with Crippen LogP contribution in [0.15, 0.2) is 24.4 Å². The lowest BCUT2D eigenvalue weighted by Crippen LogP contribution is -2.45. The second kappa shape index (κ2) is 6.24. The number of likely N-dealkylation sites (tertiary alicyclic amines) is 1. The van der Waals surface area contributed by atoms with Crippen LogP contribution in [0.4, 0.5) is 0 Å². The van der Waals surface area contributed by atoms with Crippen molar-refractivity contribution in [3.63, 3.8) is 0 Å². The Morgan fingerprint density at radius 3 is 3.09 bits per heavy atom. The summed E-state index contributed by atoms with van der Waals surface area (Å²) >= 11 is 6.27. The monoisotopic (exact) mass is 322 g/mol. The van der Waals surface area contributed by atoms with Crippen molar-refractivity contribution in [2.24, 2.45) is 0 Å². The summed E-state index contributed by atoms with van der Waals surface area (Å²) in [7, 11) is 1.64. The molecule has 1 atom stereocenters. The van der Waals surface area contributed by atoms with E-state index in [1.54, 1.807) is 13.3 Å². The summed E-state index contributed by atoms with van der Waals surface area (Å²) in [5, 5.41) is 21.9. The Morgan fingerprint density at radius 2 is 2.36 bits per heavy atom. The van der Waals surface area contributed by atoms with Crippen LogP contribution in [0.25, 0.3) is 0 Å². The van der Waals surface area contributed by atoms with Gasteiger partial charge in [-0.1, -0.05) is 11.6 Å². The molecule has 1 saturated heterocycles. The summed E-state index contributed by atoms with van der Waals surface area (Å²) in [5.41, 5.74) is 0.621. The van der Waals surface area contributed by atoms with E-state index in [4.69, 9.17) is 16.3 Å². The van der Waals surface area contributed by atoms with Gasteiger partial charge in [0.1, 0.15) is 17.0 Å². The third-order valence-electron chi connectivity index (χ3n) is 4.09. The van der Waals surface area contributed by atoms with Gasteiger partial charge in [-0.25, -0.2) is 0 Å². The molecule has 0 aliphatic carbocycles. The minimum atomic E-state index is -0.962. The van der Waals surface area contributed by atoms with E-state index in [1.807, 2.05) is 18.2 Å². The molecule has 2 aromatic rings. The lowest BCUT2D eigenvalue weighted by molar-refractivity contribution is -0.0414. The summed E-state index contributed by atoms with van der Waals surface area (Å²) in [5.74, 6) is 0.781. The Kier molecular flexibility index (Phi) is 4.33. The Bertz CT molecular complexity index is 634. The maximum absolute atomic E-state index is 10.8. The van der Waals surface area contributed by atoms with Crippen LogP contribution in [-0.4, -0.2) is 45.6 Å². The molecule has 0 amide bonds. The predicted octanol–water partition coefficient (Wildman–Crippen LogP) is 1.95. The second-order valence-corrected chi connectivity index (χ2v) is 6.07. The van der Waals surface area contributed by atoms with Crippen LogP contribution in [0.1, 0.15) is 24.1 Å². The molecule has 1 fully saturated rings. The molecule has 6 nitrogen and oxygen atoms in total. The van der Waals surface area contributed by atoms with Crippen molar-refractivity contribution in [1.82, 2.24) is 20.3 Å². The first-order valence-electron chi connectivity index (χ1n) is 7.24. The molecule has 2 heterocycles. The molecule has 2 N–H and O–H groups in total. The molecular formula is C15H19ClN4O2. The molecule has 0 radical (unpaired) electrons. The highest BCUT2D eigenvalue weighted by Crippen LogP contribution is 2.31. The van der Waals surface area contributed by atoms with Crippen LogP contribution in [-0.2, 0) is 12.1 Å². The molecule has 1 aromatic heterocycles. The van der Waals surface area contributed by atoms with Gasteiger partial charge < -0.3 is 9.84 Å². The van der Waals surface area contributed by atoms with Crippen LogP contribution < -0.4 is 4.74 Å². The number of halogens is 1. The molecule has 0 unspecified atom stereocenters. The topological polar surface area (TPSA) is 74.3 Å². The van der Waals surface area contributed by atoms with Crippen molar-refractivity contribution in [2.75, 3.05) is 20.2 Å². The van der Waals surface area contributed by atoms with E-state index < -0.39 is 5.60 Å². The van der Waals surface area contributed by atoms with Crippen molar-refractivity contribution in [3.05, 3.63) is 40.7 Å². The summed E-state index contributed by atoms with van der Waals surface area (Å²) in [4.78, 5) is 2.18. The summed E-state index contributed by atoms with van der Waals surface area (Å²) in [6.45, 7) is 2.08. The number of methoxy groups -OCH3 is 1. The number of aromatic nitrogens is 3. The third kappa shape index (κ3) is 3.09. The molecule has 118 valence electrons. The van der Waals surface area contributed by atoms with Crippen LogP contribution in [0.3, 0.4) is 0 Å². The van der Waals surface area contributed by atoms with Gasteiger partial charge in [0.25, 0.3) is 0 Å². The number of ether oxygens (including phenoxy) is 1. The minimum Gasteiger partial charge on any atom is -0.497 e. The minimum absolute atomic E-state index is 0.507. The quantitative estimate of drug-likeness (QED) is 0.900. The maximum Gasteiger partial charge on any atom is 0.123 e. The standard InChI is InChI=1S/C15H19ClN4O2/c1-22-12-3-4-13(16)11(7-12)9-20-6-2-5-15(21,10-20)14-8-17-19-18-14/h3-4,7-8,21H,2,5-6,9-10H2,1H3,(H,17,18,19)/t15-/m0/s1. The summed E-state index contributed by atoms with van der Waals surface area (Å²) in [6, 6.07) is 5.61. The number of H-pyrrole nitrogens is 1. The molecule has 0 bridgehead atoms. The van der Waals surface area contributed by atoms with E-state index in [1.165, 1.54) is 0 Å². The molecule has 3 rings (SSSR count). The van der Waals surface area contributed by atoms with Crippen molar-refractivity contribution in [1.29, 1.82) is 0 Å². The molecule has 1 aliphatic heterocycles. The normalized spacial score (nSPS) is 22.7. The number of aliphatic hydroxyl groups is 1. The molecule has 7 heteroatoms. The zero-order valence-electron chi connectivity index (χ0n) is 12.4. The van der Waals surface area contributed by atoms with E-state index >= 15 is 0 Å². The number of rotatable bonds is 4. The van der Waals surface area contributed by atoms with Gasteiger partial charge >= 0.3 is 0 Å². The van der Waals surface area contributed by atoms with Gasteiger partial charge in [0.2, 0.25) is 0 Å². The Balaban J connectivity index is 1.76. The fourth-order valence-electron chi connectivity index (χ4n) is 2.93. The molecule has 0 spiro atoms. The predicted molar refractivity (Wildman–Crippen MR) is 82.8 cm³/mol. The van der Waals surface area contributed by atoms with Gasteiger partial charge in [0.05, 0.1) is 13.3 Å². The van der Waals surface area contributed by atoms with Gasteiger partial charge in [0.15, 0.2) is 0 Å². The number of hydrogen-bond acceptors (Lipinski definition) is 5. The number of hydrogen-bond donors (Lipinski definition) is 2. The maximum atomic E-state index is 10.8. The lowest BCUT2D eigenvalue weighted by atomic mass is 9.90. The van der Waals surface area contributed by atoms with Gasteiger partial charge in [-0.15, -0.1) is 0 Å². The fourth-order valence-corrected chi connectivity index (χ4v) is 3.11. The molecular weight excluding hydrogens is 304 g/mol. The number of nitrogens with one attached hydrogen (secondary N) is 1. The highest BCUT2D eigenvalue weighted by molar-refractivity contribution is 6.31. The third-order valence-corrected chi connectivity index (χ3v) is 4.46. The number of nitrogens with zero attached hydrogens (tertiary/aromatic N) is 3. The van der Waals surface area contributed by atoms with Gasteiger partial charge in [0, 0.05) is 18.1 Å². The van der Waals surface area contributed by atoms with Crippen molar-refractivity contribution in [2.45, 2.75) is 25.0 Å².